The molecule has 1 aliphatic carbocycles. The van der Waals surface area contributed by atoms with Crippen LogP contribution in [0.2, 0.25) is 0 Å². The van der Waals surface area contributed by atoms with Crippen molar-refractivity contribution in [2.75, 3.05) is 38.1 Å². The number of methoxy groups -OCH3 is 2. The van der Waals surface area contributed by atoms with E-state index in [2.05, 4.69) is 32.0 Å². The summed E-state index contributed by atoms with van der Waals surface area (Å²) in [5, 5.41) is 9.94. The highest BCUT2D eigenvalue weighted by Crippen LogP contribution is 2.46. The molecule has 10 heteroatoms. The van der Waals surface area contributed by atoms with Crippen molar-refractivity contribution in [3.05, 3.63) is 47.4 Å². The van der Waals surface area contributed by atoms with Crippen LogP contribution in [-0.2, 0) is 32.0 Å². The van der Waals surface area contributed by atoms with Gasteiger partial charge in [0.2, 0.25) is 0 Å². The lowest BCUT2D eigenvalue weighted by molar-refractivity contribution is -0.165. The summed E-state index contributed by atoms with van der Waals surface area (Å²) in [6.45, 7) is 1.34. The average molecular weight is 508 g/mol. The van der Waals surface area contributed by atoms with Crippen molar-refractivity contribution in [1.82, 2.24) is 15.3 Å². The predicted octanol–water partition coefficient (Wildman–Crippen LogP) is 3.00. The third kappa shape index (κ3) is 4.65. The smallest absolute Gasteiger partial charge is 0.263 e. The Kier molecular flexibility index (Phi) is 6.26. The first kappa shape index (κ1) is 24.1. The van der Waals surface area contributed by atoms with Crippen molar-refractivity contribution < 1.29 is 23.7 Å². The van der Waals surface area contributed by atoms with Gasteiger partial charge >= 0.3 is 0 Å². The fourth-order valence-corrected chi connectivity index (χ4v) is 5.81. The van der Waals surface area contributed by atoms with Crippen LogP contribution in [0.3, 0.4) is 0 Å². The van der Waals surface area contributed by atoms with Gasteiger partial charge < -0.3 is 34.9 Å². The van der Waals surface area contributed by atoms with Crippen molar-refractivity contribution in [2.24, 2.45) is 0 Å². The Balaban J connectivity index is 1.07. The van der Waals surface area contributed by atoms with E-state index >= 15 is 0 Å². The van der Waals surface area contributed by atoms with Crippen LogP contribution >= 0.6 is 0 Å². The number of aryl methyl sites for hydroxylation is 1. The molecule has 0 radical (unpaired) electrons. The molecule has 37 heavy (non-hydrogen) atoms. The molecule has 0 aromatic carbocycles. The molecule has 7 rings (SSSR count). The second-order valence-corrected chi connectivity index (χ2v) is 10.3. The quantitative estimate of drug-likeness (QED) is 0.496. The molecule has 2 aromatic rings. The molecule has 2 saturated heterocycles. The summed E-state index contributed by atoms with van der Waals surface area (Å²) < 4.78 is 23.0. The first-order valence-electron chi connectivity index (χ1n) is 12.9. The number of fused-ring (bicyclic) bond motifs is 5. The number of anilines is 2. The first-order valence-corrected chi connectivity index (χ1v) is 12.9. The standard InChI is InChI=1S/C27H33N5O5/c1-34-20-13-22(35-2)32-23-17(6-12-28-24(20)23)5-7-27-10-8-26(9-11-27,16-37-27)29-14-18-3-4-19-25(30-18)31-21(33)15-36-19/h3-4,6,12-13,22,29,32H,5,7-11,14-16H2,1-2H3,(H,30,31,33). The lowest BCUT2D eigenvalue weighted by Crippen LogP contribution is -2.61. The van der Waals surface area contributed by atoms with Gasteiger partial charge in [0.25, 0.3) is 5.91 Å². The zero-order chi connectivity index (χ0) is 25.5. The van der Waals surface area contributed by atoms with Gasteiger partial charge in [0.15, 0.2) is 24.4 Å². The van der Waals surface area contributed by atoms with Crippen molar-refractivity contribution in [1.29, 1.82) is 0 Å². The van der Waals surface area contributed by atoms with Crippen LogP contribution in [0.15, 0.2) is 30.5 Å². The number of amides is 1. The van der Waals surface area contributed by atoms with E-state index in [0.29, 0.717) is 24.7 Å². The highest BCUT2D eigenvalue weighted by Gasteiger charge is 2.49. The number of hydrogen-bond acceptors (Lipinski definition) is 9. The number of ether oxygens (including phenoxy) is 4. The van der Waals surface area contributed by atoms with Crippen LogP contribution in [0.4, 0.5) is 11.5 Å². The maximum Gasteiger partial charge on any atom is 0.263 e. The Labute approximate surface area is 216 Å². The summed E-state index contributed by atoms with van der Waals surface area (Å²) >= 11 is 0. The SMILES string of the molecule is COC1=CC(OC)Nc2c(CCC34CCC(NCc5ccc6c(n5)NC(=O)CO6)(CC3)CO4)ccnc21. The second kappa shape index (κ2) is 9.59. The minimum absolute atomic E-state index is 0.0353. The van der Waals surface area contributed by atoms with Gasteiger partial charge in [-0.25, -0.2) is 4.98 Å². The number of nitrogens with one attached hydrogen (secondary N) is 3. The molecule has 0 spiro atoms. The number of rotatable bonds is 8. The third-order valence-electron chi connectivity index (χ3n) is 8.13. The zero-order valence-electron chi connectivity index (χ0n) is 21.3. The van der Waals surface area contributed by atoms with Gasteiger partial charge in [0.05, 0.1) is 30.7 Å². The molecule has 1 saturated carbocycles. The molecular formula is C27H33N5O5. The van der Waals surface area contributed by atoms with Gasteiger partial charge in [-0.05, 0) is 62.3 Å². The van der Waals surface area contributed by atoms with Crippen molar-refractivity contribution in [2.45, 2.75) is 62.4 Å². The molecule has 2 aromatic heterocycles. The lowest BCUT2D eigenvalue weighted by Gasteiger charge is -2.53. The third-order valence-corrected chi connectivity index (χ3v) is 8.13. The lowest BCUT2D eigenvalue weighted by atomic mass is 9.69. The van der Waals surface area contributed by atoms with Crippen molar-refractivity contribution in [3.63, 3.8) is 0 Å². The van der Waals surface area contributed by atoms with Gasteiger partial charge in [0, 0.05) is 31.5 Å². The molecule has 1 unspecified atom stereocenters. The Hall–Kier alpha value is -3.21. The fraction of sp³-hybridized carbons (Fsp3) is 0.519. The summed E-state index contributed by atoms with van der Waals surface area (Å²) in [6.07, 6.45) is 9.51. The molecule has 1 amide bonds. The van der Waals surface area contributed by atoms with Crippen LogP contribution in [0.5, 0.6) is 5.75 Å². The summed E-state index contributed by atoms with van der Waals surface area (Å²) in [5.41, 5.74) is 3.73. The largest absolute Gasteiger partial charge is 0.495 e. The Morgan fingerprint density at radius 3 is 2.81 bits per heavy atom. The maximum absolute atomic E-state index is 11.6. The van der Waals surface area contributed by atoms with Gasteiger partial charge in [-0.15, -0.1) is 0 Å². The highest BCUT2D eigenvalue weighted by molar-refractivity contribution is 5.94. The van der Waals surface area contributed by atoms with Crippen LogP contribution in [0.1, 0.15) is 49.1 Å². The number of pyridine rings is 2. The Bertz CT molecular complexity index is 1210. The Morgan fingerprint density at radius 1 is 1.19 bits per heavy atom. The van der Waals surface area contributed by atoms with E-state index in [-0.39, 0.29) is 29.9 Å². The number of nitrogens with zero attached hydrogens (tertiary/aromatic N) is 2. The number of carbonyl (C=O) groups excluding carboxylic acids is 1. The van der Waals surface area contributed by atoms with Crippen LogP contribution < -0.4 is 20.7 Å². The van der Waals surface area contributed by atoms with E-state index in [1.54, 1.807) is 14.2 Å². The maximum atomic E-state index is 11.6. The van der Waals surface area contributed by atoms with E-state index in [1.165, 1.54) is 5.56 Å². The first-order chi connectivity index (χ1) is 18.0. The van der Waals surface area contributed by atoms with Crippen LogP contribution in [0.25, 0.3) is 5.76 Å². The summed E-state index contributed by atoms with van der Waals surface area (Å²) in [7, 11) is 3.33. The molecule has 1 atom stereocenters. The normalized spacial score (nSPS) is 27.8. The summed E-state index contributed by atoms with van der Waals surface area (Å²) in [5.74, 6) is 1.66. The van der Waals surface area contributed by atoms with Crippen molar-refractivity contribution in [3.8, 4) is 5.75 Å². The van der Waals surface area contributed by atoms with E-state index in [9.17, 15) is 4.79 Å². The molecule has 6 heterocycles. The highest BCUT2D eigenvalue weighted by atomic mass is 16.5. The zero-order valence-corrected chi connectivity index (χ0v) is 21.3. The number of hydrogen-bond donors (Lipinski definition) is 3. The topological polar surface area (TPSA) is 116 Å². The fourth-order valence-electron chi connectivity index (χ4n) is 5.81. The Morgan fingerprint density at radius 2 is 2.05 bits per heavy atom. The predicted molar refractivity (Wildman–Crippen MR) is 137 cm³/mol. The molecule has 10 nitrogen and oxygen atoms in total. The summed E-state index contributed by atoms with van der Waals surface area (Å²) in [4.78, 5) is 20.7. The van der Waals surface area contributed by atoms with E-state index in [4.69, 9.17) is 18.9 Å². The van der Waals surface area contributed by atoms with Gasteiger partial charge in [-0.2, -0.15) is 0 Å². The van der Waals surface area contributed by atoms with E-state index in [0.717, 1.165) is 61.4 Å². The molecule has 3 N–H and O–H groups in total. The van der Waals surface area contributed by atoms with E-state index in [1.807, 2.05) is 24.4 Å². The van der Waals surface area contributed by atoms with Gasteiger partial charge in [-0.3, -0.25) is 9.78 Å². The number of aromatic nitrogens is 2. The molecule has 2 bridgehead atoms. The molecular weight excluding hydrogens is 474 g/mol. The second-order valence-electron chi connectivity index (χ2n) is 10.3. The number of carbonyl (C=O) groups is 1. The van der Waals surface area contributed by atoms with Gasteiger partial charge in [-0.1, -0.05) is 0 Å². The minimum atomic E-state index is -0.246. The van der Waals surface area contributed by atoms with Crippen LogP contribution in [-0.4, -0.2) is 60.7 Å². The average Bonchev–Trinajstić information content (AvgIpc) is 2.95. The minimum Gasteiger partial charge on any atom is -0.495 e. The van der Waals surface area contributed by atoms with E-state index < -0.39 is 0 Å². The van der Waals surface area contributed by atoms with Crippen molar-refractivity contribution >= 4 is 23.2 Å². The van der Waals surface area contributed by atoms with Crippen LogP contribution in [0, 0.1) is 0 Å². The molecule has 5 aliphatic rings. The molecule has 196 valence electrons. The van der Waals surface area contributed by atoms with Gasteiger partial charge in [0.1, 0.15) is 11.5 Å². The summed E-state index contributed by atoms with van der Waals surface area (Å²) in [6, 6.07) is 5.88. The monoisotopic (exact) mass is 507 g/mol. The molecule has 4 aliphatic heterocycles. The molecule has 3 fully saturated rings.